The van der Waals surface area contributed by atoms with Gasteiger partial charge < -0.3 is 10.1 Å². The number of benzene rings is 1. The molecule has 0 fully saturated rings. The van der Waals surface area contributed by atoms with Crippen molar-refractivity contribution in [2.75, 3.05) is 13.7 Å². The van der Waals surface area contributed by atoms with Crippen LogP contribution >= 0.6 is 38.9 Å². The van der Waals surface area contributed by atoms with E-state index in [2.05, 4.69) is 39.6 Å². The van der Waals surface area contributed by atoms with Crippen LogP contribution in [-0.2, 0) is 0 Å². The number of methoxy groups -OCH3 is 1. The van der Waals surface area contributed by atoms with Crippen LogP contribution in [0.15, 0.2) is 28.1 Å². The first kappa shape index (κ1) is 16.8. The van der Waals surface area contributed by atoms with Gasteiger partial charge in [0.05, 0.1) is 18.2 Å². The maximum Gasteiger partial charge on any atom is 0.120 e. The second kappa shape index (κ2) is 7.63. The zero-order chi connectivity index (χ0) is 15.4. The van der Waals surface area contributed by atoms with Crippen molar-refractivity contribution in [3.05, 3.63) is 49.1 Å². The van der Waals surface area contributed by atoms with Gasteiger partial charge in [-0.3, -0.25) is 0 Å². The monoisotopic (exact) mass is 387 g/mol. The number of hydrogen-bond acceptors (Lipinski definition) is 3. The summed E-state index contributed by atoms with van der Waals surface area (Å²) < 4.78 is 6.30. The molecule has 1 unspecified atom stereocenters. The maximum atomic E-state index is 6.47. The quantitative estimate of drug-likeness (QED) is 0.698. The van der Waals surface area contributed by atoms with Crippen molar-refractivity contribution < 1.29 is 4.74 Å². The Kier molecular flexibility index (Phi) is 6.11. The summed E-state index contributed by atoms with van der Waals surface area (Å²) in [7, 11) is 1.67. The average Bonchev–Trinajstić information content (AvgIpc) is 2.81. The molecule has 2 nitrogen and oxygen atoms in total. The molecule has 0 spiro atoms. The number of thiophene rings is 1. The number of hydrogen-bond donors (Lipinski definition) is 1. The van der Waals surface area contributed by atoms with Crippen molar-refractivity contribution in [1.82, 2.24) is 5.32 Å². The molecular formula is C16H19BrClNOS. The molecule has 2 aromatic rings. The summed E-state index contributed by atoms with van der Waals surface area (Å²) in [5, 5.41) is 6.55. The fourth-order valence-electron chi connectivity index (χ4n) is 2.15. The molecule has 21 heavy (non-hydrogen) atoms. The number of ether oxygens (including phenoxy) is 1. The Morgan fingerprint density at radius 3 is 2.71 bits per heavy atom. The molecule has 0 saturated carbocycles. The summed E-state index contributed by atoms with van der Waals surface area (Å²) in [5.74, 6) is 0.841. The molecular weight excluding hydrogens is 370 g/mol. The van der Waals surface area contributed by atoms with E-state index in [1.54, 1.807) is 18.4 Å². The van der Waals surface area contributed by atoms with Crippen molar-refractivity contribution >= 4 is 38.9 Å². The summed E-state index contributed by atoms with van der Waals surface area (Å²) in [6.45, 7) is 5.15. The summed E-state index contributed by atoms with van der Waals surface area (Å²) >= 11 is 11.8. The van der Waals surface area contributed by atoms with E-state index in [0.29, 0.717) is 0 Å². The van der Waals surface area contributed by atoms with Gasteiger partial charge in [0.15, 0.2) is 0 Å². The van der Waals surface area contributed by atoms with E-state index in [9.17, 15) is 0 Å². The highest BCUT2D eigenvalue weighted by Gasteiger charge is 2.21. The lowest BCUT2D eigenvalue weighted by molar-refractivity contribution is 0.414. The highest BCUT2D eigenvalue weighted by Crippen LogP contribution is 2.39. The molecule has 1 N–H and O–H groups in total. The molecule has 5 heteroatoms. The van der Waals surface area contributed by atoms with E-state index < -0.39 is 0 Å². The van der Waals surface area contributed by atoms with Gasteiger partial charge in [0.1, 0.15) is 5.75 Å². The smallest absolute Gasteiger partial charge is 0.120 e. The molecule has 0 saturated heterocycles. The van der Waals surface area contributed by atoms with Gasteiger partial charge >= 0.3 is 0 Å². The molecule has 0 bridgehead atoms. The summed E-state index contributed by atoms with van der Waals surface area (Å²) in [4.78, 5) is 1.16. The molecule has 1 heterocycles. The molecule has 2 rings (SSSR count). The highest BCUT2D eigenvalue weighted by molar-refractivity contribution is 9.10. The second-order valence-corrected chi connectivity index (χ2v) is 7.02. The van der Waals surface area contributed by atoms with Gasteiger partial charge in [0, 0.05) is 9.35 Å². The predicted molar refractivity (Wildman–Crippen MR) is 94.9 cm³/mol. The van der Waals surface area contributed by atoms with Gasteiger partial charge in [0.25, 0.3) is 0 Å². The Hall–Kier alpha value is -0.550. The van der Waals surface area contributed by atoms with Gasteiger partial charge in [-0.05, 0) is 48.5 Å². The molecule has 1 aromatic carbocycles. The fourth-order valence-corrected chi connectivity index (χ4v) is 4.13. The number of halogens is 2. The summed E-state index contributed by atoms with van der Waals surface area (Å²) in [6.07, 6.45) is 1.08. The van der Waals surface area contributed by atoms with E-state index in [0.717, 1.165) is 38.7 Å². The molecule has 0 aliphatic heterocycles. The van der Waals surface area contributed by atoms with E-state index >= 15 is 0 Å². The Bertz CT molecular complexity index is 614. The van der Waals surface area contributed by atoms with Gasteiger partial charge in [-0.15, -0.1) is 11.3 Å². The maximum absolute atomic E-state index is 6.47. The molecule has 0 aliphatic rings. The normalized spacial score (nSPS) is 12.4. The fraction of sp³-hybridized carbons (Fsp3) is 0.375. The van der Waals surface area contributed by atoms with Crippen LogP contribution in [0.5, 0.6) is 5.75 Å². The van der Waals surface area contributed by atoms with Crippen LogP contribution < -0.4 is 10.1 Å². The Morgan fingerprint density at radius 2 is 2.19 bits per heavy atom. The highest BCUT2D eigenvalue weighted by atomic mass is 79.9. The third-order valence-corrected chi connectivity index (χ3v) is 5.77. The summed E-state index contributed by atoms with van der Waals surface area (Å²) in [5.41, 5.74) is 2.30. The van der Waals surface area contributed by atoms with Crippen LogP contribution in [0.3, 0.4) is 0 Å². The van der Waals surface area contributed by atoms with E-state index in [1.807, 2.05) is 19.1 Å². The molecule has 0 aliphatic carbocycles. The van der Waals surface area contributed by atoms with Crippen LogP contribution in [0.25, 0.3) is 0 Å². The lowest BCUT2D eigenvalue weighted by atomic mass is 10.0. The summed E-state index contributed by atoms with van der Waals surface area (Å²) in [6, 6.07) is 6.15. The predicted octanol–water partition coefficient (Wildman–Crippen LogP) is 5.57. The average molecular weight is 389 g/mol. The Balaban J connectivity index is 2.43. The minimum atomic E-state index is 0.0939. The van der Waals surface area contributed by atoms with Crippen LogP contribution in [0.1, 0.15) is 35.4 Å². The third-order valence-electron chi connectivity index (χ3n) is 3.30. The molecule has 0 amide bonds. The number of rotatable bonds is 6. The minimum Gasteiger partial charge on any atom is -0.497 e. The Morgan fingerprint density at radius 1 is 1.43 bits per heavy atom. The van der Waals surface area contributed by atoms with Crippen molar-refractivity contribution in [2.45, 2.75) is 26.3 Å². The van der Waals surface area contributed by atoms with E-state index in [4.69, 9.17) is 16.3 Å². The SMILES string of the molecule is CCCNC(c1ccc(OC)cc1Br)c1scc(C)c1Cl. The van der Waals surface area contributed by atoms with Crippen LogP contribution in [-0.4, -0.2) is 13.7 Å². The van der Waals surface area contributed by atoms with Crippen molar-refractivity contribution in [2.24, 2.45) is 0 Å². The first-order chi connectivity index (χ1) is 10.1. The molecule has 114 valence electrons. The van der Waals surface area contributed by atoms with Gasteiger partial charge in [-0.25, -0.2) is 0 Å². The van der Waals surface area contributed by atoms with Gasteiger partial charge in [-0.2, -0.15) is 0 Å². The largest absolute Gasteiger partial charge is 0.497 e. The zero-order valence-corrected chi connectivity index (χ0v) is 15.5. The van der Waals surface area contributed by atoms with Gasteiger partial charge in [0.2, 0.25) is 0 Å². The first-order valence-electron chi connectivity index (χ1n) is 6.88. The van der Waals surface area contributed by atoms with Crippen LogP contribution in [0, 0.1) is 6.92 Å². The zero-order valence-electron chi connectivity index (χ0n) is 12.4. The third kappa shape index (κ3) is 3.81. The van der Waals surface area contributed by atoms with Crippen molar-refractivity contribution in [1.29, 1.82) is 0 Å². The number of nitrogens with one attached hydrogen (secondary N) is 1. The Labute approximate surface area is 143 Å². The van der Waals surface area contributed by atoms with Crippen molar-refractivity contribution in [3.63, 3.8) is 0 Å². The number of aryl methyl sites for hydroxylation is 1. The molecule has 1 atom stereocenters. The van der Waals surface area contributed by atoms with Gasteiger partial charge in [-0.1, -0.05) is 40.5 Å². The molecule has 1 aromatic heterocycles. The lowest BCUT2D eigenvalue weighted by Gasteiger charge is -2.20. The van der Waals surface area contributed by atoms with Crippen LogP contribution in [0.4, 0.5) is 0 Å². The van der Waals surface area contributed by atoms with E-state index in [-0.39, 0.29) is 6.04 Å². The second-order valence-electron chi connectivity index (χ2n) is 4.87. The minimum absolute atomic E-state index is 0.0939. The van der Waals surface area contributed by atoms with E-state index in [1.165, 1.54) is 5.56 Å². The molecule has 0 radical (unpaired) electrons. The standard InChI is InChI=1S/C16H19BrClNOS/c1-4-7-19-15(16-14(18)10(2)9-21-16)12-6-5-11(20-3)8-13(12)17/h5-6,8-9,15,19H,4,7H2,1-3H3. The lowest BCUT2D eigenvalue weighted by Crippen LogP contribution is -2.23. The van der Waals surface area contributed by atoms with Crippen molar-refractivity contribution in [3.8, 4) is 5.75 Å². The topological polar surface area (TPSA) is 21.3 Å². The van der Waals surface area contributed by atoms with Crippen LogP contribution in [0.2, 0.25) is 5.02 Å². The first-order valence-corrected chi connectivity index (χ1v) is 8.93.